The molecule has 1 rings (SSSR count). The SMILES string of the molecule is CC(C1CCC(C(C)[Si](Cl)(Cl)Cl)C(C(C)[Si](Cl)(Cl)Cl)C1)[Si](Cl)(Cl)Cl. The van der Waals surface area contributed by atoms with Crippen molar-refractivity contribution in [3.63, 3.8) is 0 Å². The highest BCUT2D eigenvalue weighted by molar-refractivity contribution is 7.66. The van der Waals surface area contributed by atoms with Crippen LogP contribution in [0.15, 0.2) is 0 Å². The highest BCUT2D eigenvalue weighted by Crippen LogP contribution is 2.57. The van der Waals surface area contributed by atoms with Gasteiger partial charge < -0.3 is 0 Å². The molecule has 0 N–H and O–H groups in total. The first-order valence-electron chi connectivity index (χ1n) is 7.77. The molecule has 0 nitrogen and oxygen atoms in total. The maximum atomic E-state index is 6.33. The summed E-state index contributed by atoms with van der Waals surface area (Å²) in [5.74, 6) is 0.700. The monoisotopic (exact) mass is 564 g/mol. The van der Waals surface area contributed by atoms with Crippen molar-refractivity contribution in [1.29, 1.82) is 0 Å². The van der Waals surface area contributed by atoms with Gasteiger partial charge in [-0.05, 0) is 47.2 Å². The Morgan fingerprint density at radius 3 is 1.33 bits per heavy atom. The Balaban J connectivity index is 3.08. The second-order valence-corrected chi connectivity index (χ2v) is 34.2. The molecule has 0 saturated heterocycles. The zero-order valence-electron chi connectivity index (χ0n) is 13.5. The highest BCUT2D eigenvalue weighted by atomic mass is 35.9. The summed E-state index contributed by atoms with van der Waals surface area (Å²) in [5, 5.41) is 0. The smallest absolute Gasteiger partial charge is 0.126 e. The molecule has 0 radical (unpaired) electrons. The Bertz CT molecular complexity index is 417. The van der Waals surface area contributed by atoms with Crippen molar-refractivity contribution < 1.29 is 0 Å². The Morgan fingerprint density at radius 2 is 0.958 bits per heavy atom. The molecule has 1 aliphatic rings. The molecule has 0 heterocycles. The average Bonchev–Trinajstić information content (AvgIpc) is 2.41. The van der Waals surface area contributed by atoms with E-state index in [-0.39, 0.29) is 28.5 Å². The molecule has 0 spiro atoms. The summed E-state index contributed by atoms with van der Waals surface area (Å²) < 4.78 is 0. The fourth-order valence-corrected chi connectivity index (χ4v) is 10.8. The summed E-state index contributed by atoms with van der Waals surface area (Å²) in [6, 6.07) is -8.52. The van der Waals surface area contributed by atoms with Gasteiger partial charge in [0.15, 0.2) is 0 Å². The van der Waals surface area contributed by atoms with Gasteiger partial charge in [-0.1, -0.05) is 27.2 Å². The third-order valence-corrected chi connectivity index (χ3v) is 19.3. The second kappa shape index (κ2) is 9.38. The van der Waals surface area contributed by atoms with Gasteiger partial charge in [0.1, 0.15) is 0 Å². The van der Waals surface area contributed by atoms with Crippen LogP contribution in [0.1, 0.15) is 40.0 Å². The molecular weight excluding hydrogens is 547 g/mol. The van der Waals surface area contributed by atoms with Gasteiger partial charge in [0.05, 0.1) is 0 Å². The van der Waals surface area contributed by atoms with E-state index in [1.165, 1.54) is 0 Å². The zero-order valence-corrected chi connectivity index (χ0v) is 23.3. The van der Waals surface area contributed by atoms with Crippen molar-refractivity contribution in [1.82, 2.24) is 0 Å². The van der Waals surface area contributed by atoms with Crippen LogP contribution in [0, 0.1) is 17.8 Å². The summed E-state index contributed by atoms with van der Waals surface area (Å²) in [6.07, 6.45) is 2.72. The van der Waals surface area contributed by atoms with Gasteiger partial charge in [-0.2, -0.15) is 0 Å². The van der Waals surface area contributed by atoms with E-state index in [9.17, 15) is 0 Å². The van der Waals surface area contributed by atoms with Gasteiger partial charge in [0, 0.05) is 0 Å². The van der Waals surface area contributed by atoms with Crippen molar-refractivity contribution in [2.45, 2.75) is 56.7 Å². The minimum absolute atomic E-state index is 0.00226. The third kappa shape index (κ3) is 6.95. The summed E-state index contributed by atoms with van der Waals surface area (Å²) in [6.45, 7) is 6.03. The van der Waals surface area contributed by atoms with Crippen molar-refractivity contribution >= 4 is 118 Å². The average molecular weight is 569 g/mol. The zero-order chi connectivity index (χ0) is 19.1. The van der Waals surface area contributed by atoms with E-state index in [2.05, 4.69) is 0 Å². The number of rotatable bonds is 6. The molecule has 6 atom stereocenters. The van der Waals surface area contributed by atoms with Crippen LogP contribution in [0.4, 0.5) is 0 Å². The van der Waals surface area contributed by atoms with Crippen molar-refractivity contribution in [2.75, 3.05) is 0 Å². The molecule has 1 saturated carbocycles. The van der Waals surface area contributed by atoms with E-state index in [0.29, 0.717) is 5.92 Å². The molecule has 0 aromatic rings. The van der Waals surface area contributed by atoms with Gasteiger partial charge in [-0.15, -0.1) is 99.7 Å². The first-order valence-corrected chi connectivity index (χ1v) is 23.1. The minimum Gasteiger partial charge on any atom is -0.126 e. The lowest BCUT2D eigenvalue weighted by Crippen LogP contribution is -2.41. The van der Waals surface area contributed by atoms with Gasteiger partial charge in [0.25, 0.3) is 0 Å². The van der Waals surface area contributed by atoms with Crippen molar-refractivity contribution in [3.05, 3.63) is 0 Å². The van der Waals surface area contributed by atoms with E-state index in [4.69, 9.17) is 99.7 Å². The van der Waals surface area contributed by atoms with Crippen LogP contribution in [0.3, 0.4) is 0 Å². The first-order chi connectivity index (χ1) is 10.6. The van der Waals surface area contributed by atoms with E-state index in [1.54, 1.807) is 0 Å². The summed E-state index contributed by atoms with van der Waals surface area (Å²) >= 11 is 56.6. The fourth-order valence-electron chi connectivity index (χ4n) is 3.67. The quantitative estimate of drug-likeness (QED) is 0.221. The third-order valence-electron chi connectivity index (χ3n) is 5.54. The van der Waals surface area contributed by atoms with Gasteiger partial charge in [-0.3, -0.25) is 0 Å². The lowest BCUT2D eigenvalue weighted by Gasteiger charge is -2.46. The summed E-state index contributed by atoms with van der Waals surface area (Å²) in [5.41, 5.74) is 0.0106. The lowest BCUT2D eigenvalue weighted by atomic mass is 9.70. The van der Waals surface area contributed by atoms with Gasteiger partial charge in [0.2, 0.25) is 0 Å². The predicted octanol–water partition coefficient (Wildman–Crippen LogP) is 9.16. The Hall–Kier alpha value is 3.26. The number of hydrogen-bond donors (Lipinski definition) is 0. The van der Waals surface area contributed by atoms with Crippen LogP contribution >= 0.6 is 99.7 Å². The number of halogens is 9. The summed E-state index contributed by atoms with van der Waals surface area (Å²) in [7, 11) is 0. The topological polar surface area (TPSA) is 0 Å². The van der Waals surface area contributed by atoms with E-state index in [0.717, 1.165) is 19.3 Å². The predicted molar refractivity (Wildman–Crippen MR) is 123 cm³/mol. The summed E-state index contributed by atoms with van der Waals surface area (Å²) in [4.78, 5) is 0. The molecule has 144 valence electrons. The molecule has 0 amide bonds. The van der Waals surface area contributed by atoms with Crippen molar-refractivity contribution in [2.24, 2.45) is 17.8 Å². The molecule has 0 aromatic heterocycles. The molecule has 0 aromatic carbocycles. The second-order valence-electron chi connectivity index (χ2n) is 6.89. The molecule has 12 heteroatoms. The molecule has 1 fully saturated rings. The maximum Gasteiger partial charge on any atom is 0.344 e. The molecule has 6 unspecified atom stereocenters. The van der Waals surface area contributed by atoms with Crippen molar-refractivity contribution in [3.8, 4) is 0 Å². The Kier molecular flexibility index (Phi) is 9.89. The largest absolute Gasteiger partial charge is 0.344 e. The lowest BCUT2D eigenvalue weighted by molar-refractivity contribution is 0.166. The van der Waals surface area contributed by atoms with Gasteiger partial charge >= 0.3 is 18.0 Å². The Morgan fingerprint density at radius 1 is 0.583 bits per heavy atom. The fraction of sp³-hybridized carbons (Fsp3) is 1.00. The van der Waals surface area contributed by atoms with Crippen LogP contribution in [0.2, 0.25) is 16.6 Å². The minimum atomic E-state index is -2.89. The first kappa shape index (κ1) is 25.3. The highest BCUT2D eigenvalue weighted by Gasteiger charge is 2.51. The van der Waals surface area contributed by atoms with Crippen LogP contribution in [0.5, 0.6) is 0 Å². The molecule has 0 aliphatic heterocycles. The Labute approximate surface area is 190 Å². The molecule has 1 aliphatic carbocycles. The maximum absolute atomic E-state index is 6.33. The molecule has 24 heavy (non-hydrogen) atoms. The standard InChI is InChI=1S/C12H21Cl9Si3/c1-7(22(13,14)15)10-4-5-11(8(2)23(16,17)18)12(6-10)9(3)24(19,20)21/h7-12H,4-6H2,1-3H3. The van der Waals surface area contributed by atoms with Crippen LogP contribution in [0.25, 0.3) is 0 Å². The molecule has 0 bridgehead atoms. The van der Waals surface area contributed by atoms with Crippen LogP contribution < -0.4 is 0 Å². The van der Waals surface area contributed by atoms with E-state index >= 15 is 0 Å². The van der Waals surface area contributed by atoms with Gasteiger partial charge in [-0.25, -0.2) is 0 Å². The molecular formula is C12H21Cl9Si3. The normalized spacial score (nSPS) is 30.8. The van der Waals surface area contributed by atoms with Crippen LogP contribution in [-0.2, 0) is 0 Å². The van der Waals surface area contributed by atoms with E-state index < -0.39 is 18.0 Å². The van der Waals surface area contributed by atoms with Crippen LogP contribution in [-0.4, -0.2) is 18.0 Å². The number of hydrogen-bond acceptors (Lipinski definition) is 0. The van der Waals surface area contributed by atoms with E-state index in [1.807, 2.05) is 20.8 Å².